The lowest BCUT2D eigenvalue weighted by Gasteiger charge is -2.52. The number of benzene rings is 3. The van der Waals surface area contributed by atoms with Crippen LogP contribution in [0.3, 0.4) is 0 Å². The highest BCUT2D eigenvalue weighted by atomic mass is 16.3. The van der Waals surface area contributed by atoms with E-state index < -0.39 is 88.4 Å². The standard InChI is InChI=1S/C34H30N2O10/c1-14-18-11-12-20(36-33(45)17-9-7-16(8-10-17)26(38)15-5-3-2-4-6-15)28(40)23(18)29(41)25-22(14)27(39)19-13-21(37)24(32(35)44)30(42)34(19,46)31(25)43/h2-12,14,19,21-22,24,27,37,39-41,46H,13H2,1H3,(H2,35,44)(H,36,45)/t14-,19+,21?,22+,24?,27+,34+/m0/s1. The Morgan fingerprint density at radius 1 is 0.891 bits per heavy atom. The van der Waals surface area contributed by atoms with E-state index in [1.54, 1.807) is 37.3 Å². The molecule has 6 rings (SSSR count). The van der Waals surface area contributed by atoms with Crippen molar-refractivity contribution in [3.63, 3.8) is 0 Å². The fourth-order valence-corrected chi connectivity index (χ4v) is 7.12. The number of Topliss-reactive ketones (excluding diaryl/α,β-unsaturated/α-hetero) is 2. The number of amides is 2. The van der Waals surface area contributed by atoms with Gasteiger partial charge in [-0.1, -0.05) is 55.5 Å². The smallest absolute Gasteiger partial charge is 0.255 e. The zero-order chi connectivity index (χ0) is 33.2. The molecule has 0 spiro atoms. The highest BCUT2D eigenvalue weighted by Crippen LogP contribution is 2.55. The molecule has 12 nitrogen and oxygen atoms in total. The van der Waals surface area contributed by atoms with Gasteiger partial charge in [-0.2, -0.15) is 0 Å². The number of phenolic OH excluding ortho intramolecular Hbond substituents is 1. The zero-order valence-electron chi connectivity index (χ0n) is 24.4. The third-order valence-corrected chi connectivity index (χ3v) is 9.51. The highest BCUT2D eigenvalue weighted by Gasteiger charge is 2.67. The summed E-state index contributed by atoms with van der Waals surface area (Å²) in [4.78, 5) is 64.8. The molecule has 2 fully saturated rings. The summed E-state index contributed by atoms with van der Waals surface area (Å²) in [5.74, 6) is -11.5. The molecule has 0 saturated heterocycles. The zero-order valence-corrected chi connectivity index (χ0v) is 24.4. The van der Waals surface area contributed by atoms with Gasteiger partial charge >= 0.3 is 0 Å². The van der Waals surface area contributed by atoms with Crippen molar-refractivity contribution in [3.05, 3.63) is 100 Å². The number of fused-ring (bicyclic) bond motifs is 3. The molecule has 8 N–H and O–H groups in total. The number of nitrogens with one attached hydrogen (secondary N) is 1. The van der Waals surface area contributed by atoms with E-state index >= 15 is 0 Å². The largest absolute Gasteiger partial charge is 0.507 e. The van der Waals surface area contributed by atoms with Gasteiger partial charge in [0.2, 0.25) is 11.7 Å². The van der Waals surface area contributed by atoms with Crippen molar-refractivity contribution in [2.75, 3.05) is 5.32 Å². The number of aliphatic hydroxyl groups is 4. The van der Waals surface area contributed by atoms with Crippen LogP contribution in [0.4, 0.5) is 5.69 Å². The van der Waals surface area contributed by atoms with Gasteiger partial charge in [-0.15, -0.1) is 0 Å². The first-order valence-electron chi connectivity index (χ1n) is 14.6. The molecule has 0 bridgehead atoms. The maximum absolute atomic E-state index is 13.8. The van der Waals surface area contributed by atoms with Crippen LogP contribution in [0.2, 0.25) is 0 Å². The predicted molar refractivity (Wildman–Crippen MR) is 162 cm³/mol. The summed E-state index contributed by atoms with van der Waals surface area (Å²) in [6, 6.07) is 17.3. The van der Waals surface area contributed by atoms with Gasteiger partial charge in [0, 0.05) is 34.1 Å². The average Bonchev–Trinajstić information content (AvgIpc) is 3.04. The summed E-state index contributed by atoms with van der Waals surface area (Å²) < 4.78 is 0. The number of anilines is 1. The van der Waals surface area contributed by atoms with E-state index in [0.29, 0.717) is 16.7 Å². The molecule has 0 heterocycles. The van der Waals surface area contributed by atoms with Crippen molar-refractivity contribution >= 4 is 40.6 Å². The van der Waals surface area contributed by atoms with Gasteiger partial charge in [-0.25, -0.2) is 0 Å². The van der Waals surface area contributed by atoms with Gasteiger partial charge in [0.05, 0.1) is 23.5 Å². The van der Waals surface area contributed by atoms with E-state index in [2.05, 4.69) is 5.32 Å². The summed E-state index contributed by atoms with van der Waals surface area (Å²) in [5, 5.41) is 58.4. The number of hydrogen-bond acceptors (Lipinski definition) is 10. The molecule has 3 aromatic rings. The fourth-order valence-electron chi connectivity index (χ4n) is 7.12. The lowest BCUT2D eigenvalue weighted by molar-refractivity contribution is -0.186. The summed E-state index contributed by atoms with van der Waals surface area (Å²) in [6.45, 7) is 1.61. The Balaban J connectivity index is 1.33. The maximum atomic E-state index is 13.8. The second kappa shape index (κ2) is 11.0. The number of hydrogen-bond donors (Lipinski definition) is 7. The fraction of sp³-hybridized carbons (Fsp3) is 0.265. The molecular weight excluding hydrogens is 596 g/mol. The Morgan fingerprint density at radius 2 is 1.50 bits per heavy atom. The first kappa shape index (κ1) is 30.8. The van der Waals surface area contributed by atoms with Crippen LogP contribution in [0.5, 0.6) is 5.75 Å². The first-order valence-corrected chi connectivity index (χ1v) is 14.6. The minimum absolute atomic E-state index is 0.142. The van der Waals surface area contributed by atoms with Crippen LogP contribution in [-0.2, 0) is 14.4 Å². The van der Waals surface area contributed by atoms with E-state index in [-0.39, 0.29) is 22.6 Å². The summed E-state index contributed by atoms with van der Waals surface area (Å²) in [5.41, 5.74) is 2.67. The van der Waals surface area contributed by atoms with Gasteiger partial charge in [0.15, 0.2) is 17.2 Å². The Bertz CT molecular complexity index is 1850. The Labute approximate surface area is 261 Å². The van der Waals surface area contributed by atoms with Crippen LogP contribution in [0.15, 0.2) is 72.3 Å². The number of phenols is 1. The molecule has 3 aliphatic rings. The average molecular weight is 627 g/mol. The van der Waals surface area contributed by atoms with Crippen molar-refractivity contribution in [3.8, 4) is 5.75 Å². The molecule has 236 valence electrons. The molecule has 0 aromatic heterocycles. The monoisotopic (exact) mass is 626 g/mol. The number of nitrogens with two attached hydrogens (primary N) is 1. The number of carbonyl (C=O) groups is 5. The van der Waals surface area contributed by atoms with Gasteiger partial charge < -0.3 is 36.6 Å². The third-order valence-electron chi connectivity index (χ3n) is 9.51. The molecule has 7 atom stereocenters. The van der Waals surface area contributed by atoms with E-state index in [1.807, 2.05) is 0 Å². The van der Waals surface area contributed by atoms with Gasteiger partial charge in [0.1, 0.15) is 17.4 Å². The molecular formula is C34H30N2O10. The minimum atomic E-state index is -2.97. The molecule has 2 unspecified atom stereocenters. The molecule has 3 aromatic carbocycles. The summed E-state index contributed by atoms with van der Waals surface area (Å²) >= 11 is 0. The van der Waals surface area contributed by atoms with E-state index in [1.165, 1.54) is 36.4 Å². The summed E-state index contributed by atoms with van der Waals surface area (Å²) in [6.07, 6.45) is -3.74. The molecule has 0 radical (unpaired) electrons. The molecule has 3 aliphatic carbocycles. The van der Waals surface area contributed by atoms with Gasteiger partial charge in [-0.05, 0) is 36.1 Å². The van der Waals surface area contributed by atoms with Gasteiger partial charge in [-0.3, -0.25) is 24.0 Å². The van der Waals surface area contributed by atoms with Crippen LogP contribution in [0, 0.1) is 17.8 Å². The maximum Gasteiger partial charge on any atom is 0.255 e. The Morgan fingerprint density at radius 3 is 2.13 bits per heavy atom. The van der Waals surface area contributed by atoms with Crippen molar-refractivity contribution in [2.24, 2.45) is 23.5 Å². The van der Waals surface area contributed by atoms with Crippen LogP contribution in [0.1, 0.15) is 56.7 Å². The van der Waals surface area contributed by atoms with Crippen LogP contribution < -0.4 is 11.1 Å². The molecule has 46 heavy (non-hydrogen) atoms. The van der Waals surface area contributed by atoms with Crippen LogP contribution in [0.25, 0.3) is 5.76 Å². The quantitative estimate of drug-likeness (QED) is 0.123. The normalized spacial score (nSPS) is 28.5. The predicted octanol–water partition coefficient (Wildman–Crippen LogP) is 1.60. The van der Waals surface area contributed by atoms with Crippen molar-refractivity contribution in [1.29, 1.82) is 0 Å². The molecule has 12 heteroatoms. The lowest BCUT2D eigenvalue weighted by Crippen LogP contribution is -2.70. The number of carbonyl (C=O) groups excluding carboxylic acids is 5. The summed E-state index contributed by atoms with van der Waals surface area (Å²) in [7, 11) is 0. The second-order valence-corrected chi connectivity index (χ2v) is 12.0. The topological polar surface area (TPSA) is 225 Å². The second-order valence-electron chi connectivity index (χ2n) is 12.0. The van der Waals surface area contributed by atoms with Crippen LogP contribution in [-0.4, -0.2) is 72.5 Å². The Kier molecular flexibility index (Phi) is 7.39. The highest BCUT2D eigenvalue weighted by molar-refractivity contribution is 6.25. The van der Waals surface area contributed by atoms with E-state index in [0.717, 1.165) is 0 Å². The van der Waals surface area contributed by atoms with Gasteiger partial charge in [0.25, 0.3) is 5.91 Å². The SMILES string of the molecule is C[C@H]1c2ccc(NC(=O)c3ccc(C(=O)c4ccccc4)cc3)c(O)c2C(O)=C2C(=O)[C@]3(O)C(=O)C(C(N)=O)C(O)C[C@@H]3[C@@H](O)[C@@H]21. The molecule has 0 aliphatic heterocycles. The number of aliphatic hydroxyl groups excluding tert-OH is 3. The number of rotatable bonds is 5. The molecule has 2 amide bonds. The lowest BCUT2D eigenvalue weighted by atomic mass is 9.53. The number of primary amides is 1. The minimum Gasteiger partial charge on any atom is -0.507 e. The van der Waals surface area contributed by atoms with E-state index in [9.17, 15) is 49.5 Å². The van der Waals surface area contributed by atoms with E-state index in [4.69, 9.17) is 5.73 Å². The third kappa shape index (κ3) is 4.44. The van der Waals surface area contributed by atoms with Crippen molar-refractivity contribution in [1.82, 2.24) is 0 Å². The van der Waals surface area contributed by atoms with Crippen LogP contribution >= 0.6 is 0 Å². The first-order chi connectivity index (χ1) is 21.8. The number of ketones is 3. The number of aromatic hydroxyl groups is 1. The molecule has 2 saturated carbocycles. The Hall–Kier alpha value is -5.17. The van der Waals surface area contributed by atoms with Crippen molar-refractivity contribution in [2.45, 2.75) is 37.1 Å². The van der Waals surface area contributed by atoms with Crippen molar-refractivity contribution < 1.29 is 49.5 Å².